The predicted molar refractivity (Wildman–Crippen MR) is 50.6 cm³/mol. The van der Waals surface area contributed by atoms with Crippen LogP contribution in [0.2, 0.25) is 0 Å². The SMILES string of the molecule is OCC1CCCC(c2cncnc2)O1. The lowest BCUT2D eigenvalue weighted by molar-refractivity contribution is -0.0739. The summed E-state index contributed by atoms with van der Waals surface area (Å²) in [5.41, 5.74) is 1.01. The molecular weight excluding hydrogens is 180 g/mol. The average Bonchev–Trinajstić information content (AvgIpc) is 2.30. The predicted octanol–water partition coefficient (Wildman–Crippen LogP) is 1.08. The van der Waals surface area contributed by atoms with Gasteiger partial charge in [0.15, 0.2) is 0 Å². The van der Waals surface area contributed by atoms with Crippen molar-refractivity contribution in [3.63, 3.8) is 0 Å². The second-order valence-corrected chi connectivity index (χ2v) is 3.53. The Kier molecular flexibility index (Phi) is 3.06. The maximum Gasteiger partial charge on any atom is 0.115 e. The highest BCUT2D eigenvalue weighted by Crippen LogP contribution is 2.29. The Balaban J connectivity index is 2.04. The molecule has 1 aromatic rings. The minimum atomic E-state index is -0.0195. The summed E-state index contributed by atoms with van der Waals surface area (Å²) in [6.07, 6.45) is 8.12. The Morgan fingerprint density at radius 3 is 2.86 bits per heavy atom. The van der Waals surface area contributed by atoms with Crippen LogP contribution in [0.25, 0.3) is 0 Å². The summed E-state index contributed by atoms with van der Waals surface area (Å²) < 4.78 is 5.69. The van der Waals surface area contributed by atoms with Gasteiger partial charge in [-0.25, -0.2) is 9.97 Å². The molecule has 0 bridgehead atoms. The van der Waals surface area contributed by atoms with Crippen LogP contribution in [-0.4, -0.2) is 27.8 Å². The maximum absolute atomic E-state index is 9.00. The summed E-state index contributed by atoms with van der Waals surface area (Å²) >= 11 is 0. The second-order valence-electron chi connectivity index (χ2n) is 3.53. The Labute approximate surface area is 83.0 Å². The van der Waals surface area contributed by atoms with Gasteiger partial charge in [0, 0.05) is 18.0 Å². The van der Waals surface area contributed by atoms with Crippen molar-refractivity contribution in [2.45, 2.75) is 31.5 Å². The van der Waals surface area contributed by atoms with E-state index in [1.807, 2.05) is 0 Å². The molecule has 1 N–H and O–H groups in total. The lowest BCUT2D eigenvalue weighted by atomic mass is 10.0. The van der Waals surface area contributed by atoms with Gasteiger partial charge in [-0.1, -0.05) is 0 Å². The Morgan fingerprint density at radius 2 is 2.14 bits per heavy atom. The molecule has 4 heteroatoms. The van der Waals surface area contributed by atoms with E-state index in [-0.39, 0.29) is 18.8 Å². The summed E-state index contributed by atoms with van der Waals surface area (Å²) in [7, 11) is 0. The molecule has 0 amide bonds. The van der Waals surface area contributed by atoms with Gasteiger partial charge in [-0.3, -0.25) is 0 Å². The van der Waals surface area contributed by atoms with E-state index in [1.165, 1.54) is 6.33 Å². The number of rotatable bonds is 2. The van der Waals surface area contributed by atoms with Crippen molar-refractivity contribution in [3.8, 4) is 0 Å². The first-order valence-corrected chi connectivity index (χ1v) is 4.91. The van der Waals surface area contributed by atoms with E-state index in [2.05, 4.69) is 9.97 Å². The molecule has 2 atom stereocenters. The van der Waals surface area contributed by atoms with Crippen LogP contribution in [0.3, 0.4) is 0 Å². The number of hydrogen-bond acceptors (Lipinski definition) is 4. The zero-order chi connectivity index (χ0) is 9.80. The molecule has 1 aliphatic heterocycles. The third-order valence-electron chi connectivity index (χ3n) is 2.51. The molecule has 1 aliphatic rings. The number of aromatic nitrogens is 2. The van der Waals surface area contributed by atoms with Gasteiger partial charge in [0.1, 0.15) is 6.33 Å². The fraction of sp³-hybridized carbons (Fsp3) is 0.600. The molecular formula is C10H14N2O2. The summed E-state index contributed by atoms with van der Waals surface area (Å²) in [6, 6.07) is 0. The van der Waals surface area contributed by atoms with Gasteiger partial charge in [-0.15, -0.1) is 0 Å². The highest BCUT2D eigenvalue weighted by Gasteiger charge is 2.23. The Hall–Kier alpha value is -1.00. The molecule has 0 spiro atoms. The van der Waals surface area contributed by atoms with Crippen molar-refractivity contribution in [1.29, 1.82) is 0 Å². The molecule has 0 saturated carbocycles. The largest absolute Gasteiger partial charge is 0.394 e. The van der Waals surface area contributed by atoms with Crippen LogP contribution < -0.4 is 0 Å². The third-order valence-corrected chi connectivity index (χ3v) is 2.51. The minimum absolute atomic E-state index is 0.0195. The molecule has 1 fully saturated rings. The molecule has 2 rings (SSSR count). The molecule has 76 valence electrons. The Morgan fingerprint density at radius 1 is 1.36 bits per heavy atom. The monoisotopic (exact) mass is 194 g/mol. The number of aliphatic hydroxyl groups excluding tert-OH is 1. The van der Waals surface area contributed by atoms with Crippen molar-refractivity contribution in [2.24, 2.45) is 0 Å². The smallest absolute Gasteiger partial charge is 0.115 e. The summed E-state index contributed by atoms with van der Waals surface area (Å²) in [5.74, 6) is 0. The lowest BCUT2D eigenvalue weighted by Crippen LogP contribution is -2.25. The van der Waals surface area contributed by atoms with E-state index < -0.39 is 0 Å². The van der Waals surface area contributed by atoms with E-state index in [9.17, 15) is 0 Å². The van der Waals surface area contributed by atoms with Crippen molar-refractivity contribution in [2.75, 3.05) is 6.61 Å². The van der Waals surface area contributed by atoms with Gasteiger partial charge in [0.25, 0.3) is 0 Å². The number of ether oxygens (including phenoxy) is 1. The zero-order valence-corrected chi connectivity index (χ0v) is 7.97. The quantitative estimate of drug-likeness (QED) is 0.765. The first-order chi connectivity index (χ1) is 6.90. The van der Waals surface area contributed by atoms with E-state index in [0.717, 1.165) is 24.8 Å². The molecule has 1 aromatic heterocycles. The minimum Gasteiger partial charge on any atom is -0.394 e. The van der Waals surface area contributed by atoms with E-state index in [4.69, 9.17) is 9.84 Å². The molecule has 1 saturated heterocycles. The Bertz CT molecular complexity index is 279. The van der Waals surface area contributed by atoms with Crippen molar-refractivity contribution in [3.05, 3.63) is 24.3 Å². The zero-order valence-electron chi connectivity index (χ0n) is 7.97. The van der Waals surface area contributed by atoms with Gasteiger partial charge >= 0.3 is 0 Å². The van der Waals surface area contributed by atoms with Crippen LogP contribution in [0, 0.1) is 0 Å². The average molecular weight is 194 g/mol. The van der Waals surface area contributed by atoms with Gasteiger partial charge in [-0.05, 0) is 19.3 Å². The fourth-order valence-electron chi connectivity index (χ4n) is 1.76. The standard InChI is InChI=1S/C10H14N2O2/c13-6-9-2-1-3-10(14-9)8-4-11-7-12-5-8/h4-5,7,9-10,13H,1-3,6H2. The van der Waals surface area contributed by atoms with Crippen LogP contribution >= 0.6 is 0 Å². The molecule has 2 unspecified atom stereocenters. The van der Waals surface area contributed by atoms with Gasteiger partial charge in [-0.2, -0.15) is 0 Å². The highest BCUT2D eigenvalue weighted by molar-refractivity contribution is 5.07. The fourth-order valence-corrected chi connectivity index (χ4v) is 1.76. The van der Waals surface area contributed by atoms with Gasteiger partial charge in [0.2, 0.25) is 0 Å². The first-order valence-electron chi connectivity index (χ1n) is 4.91. The van der Waals surface area contributed by atoms with E-state index in [0.29, 0.717) is 0 Å². The van der Waals surface area contributed by atoms with E-state index >= 15 is 0 Å². The third kappa shape index (κ3) is 2.08. The van der Waals surface area contributed by atoms with Crippen molar-refractivity contribution >= 4 is 0 Å². The van der Waals surface area contributed by atoms with Crippen LogP contribution in [0.15, 0.2) is 18.7 Å². The number of nitrogens with zero attached hydrogens (tertiary/aromatic N) is 2. The summed E-state index contributed by atoms with van der Waals surface area (Å²) in [6.45, 7) is 0.101. The van der Waals surface area contributed by atoms with Crippen LogP contribution in [0.1, 0.15) is 30.9 Å². The maximum atomic E-state index is 9.00. The number of hydrogen-bond donors (Lipinski definition) is 1. The normalized spacial score (nSPS) is 27.5. The van der Waals surface area contributed by atoms with Crippen LogP contribution in [0.5, 0.6) is 0 Å². The first kappa shape index (κ1) is 9.55. The molecule has 2 heterocycles. The molecule has 0 aromatic carbocycles. The highest BCUT2D eigenvalue weighted by atomic mass is 16.5. The van der Waals surface area contributed by atoms with Crippen molar-refractivity contribution < 1.29 is 9.84 Å². The molecule has 14 heavy (non-hydrogen) atoms. The summed E-state index contributed by atoms with van der Waals surface area (Å²) in [5, 5.41) is 9.00. The second kappa shape index (κ2) is 4.48. The molecule has 0 radical (unpaired) electrons. The molecule has 0 aliphatic carbocycles. The summed E-state index contributed by atoms with van der Waals surface area (Å²) in [4.78, 5) is 7.91. The van der Waals surface area contributed by atoms with Crippen molar-refractivity contribution in [1.82, 2.24) is 9.97 Å². The van der Waals surface area contributed by atoms with Gasteiger partial charge in [0.05, 0.1) is 18.8 Å². The molecule has 4 nitrogen and oxygen atoms in total. The van der Waals surface area contributed by atoms with Crippen LogP contribution in [-0.2, 0) is 4.74 Å². The van der Waals surface area contributed by atoms with Crippen LogP contribution in [0.4, 0.5) is 0 Å². The number of aliphatic hydroxyl groups is 1. The topological polar surface area (TPSA) is 55.2 Å². The van der Waals surface area contributed by atoms with E-state index in [1.54, 1.807) is 12.4 Å². The lowest BCUT2D eigenvalue weighted by Gasteiger charge is -2.28. The van der Waals surface area contributed by atoms with Gasteiger partial charge < -0.3 is 9.84 Å².